The normalized spacial score (nSPS) is 10.6. The average Bonchev–Trinajstić information content (AvgIpc) is 2.43. The fraction of sp³-hybridized carbons (Fsp3) is 0. The number of benzene rings is 1. The monoisotopic (exact) mass is 210 g/mol. The predicted octanol–water partition coefficient (Wildman–Crippen LogP) is 1.11. The highest BCUT2D eigenvalue weighted by Gasteiger charge is 2.14. The Hall–Kier alpha value is -1.75. The highest BCUT2D eigenvalue weighted by Crippen LogP contribution is 2.24. The zero-order valence-corrected chi connectivity index (χ0v) is 7.80. The summed E-state index contributed by atoms with van der Waals surface area (Å²) < 4.78 is 0. The summed E-state index contributed by atoms with van der Waals surface area (Å²) in [5.74, 6) is 0.227. The summed E-state index contributed by atoms with van der Waals surface area (Å²) in [6, 6.07) is 3.27. The zero-order chi connectivity index (χ0) is 10.3. The maximum Gasteiger partial charge on any atom is 0.256 e. The Labute approximate surface area is 84.1 Å². The Balaban J connectivity index is 2.88. The summed E-state index contributed by atoms with van der Waals surface area (Å²) in [6.07, 6.45) is 0. The minimum Gasteiger partial charge on any atom is -0.398 e. The third-order valence-electron chi connectivity index (χ3n) is 1.90. The first-order valence-electron chi connectivity index (χ1n) is 3.83. The van der Waals surface area contributed by atoms with Crippen LogP contribution in [-0.4, -0.2) is 15.2 Å². The van der Waals surface area contributed by atoms with Gasteiger partial charge in [0.1, 0.15) is 5.52 Å². The molecule has 1 aromatic heterocycles. The molecule has 14 heavy (non-hydrogen) atoms. The molecule has 0 bridgehead atoms. The third kappa shape index (κ3) is 1.18. The first-order valence-corrected chi connectivity index (χ1v) is 4.21. The van der Waals surface area contributed by atoms with Crippen LogP contribution >= 0.6 is 11.6 Å². The molecule has 72 valence electrons. The molecule has 0 amide bonds. The van der Waals surface area contributed by atoms with Crippen LogP contribution in [-0.2, 0) is 0 Å². The van der Waals surface area contributed by atoms with Crippen molar-refractivity contribution in [2.45, 2.75) is 0 Å². The lowest BCUT2D eigenvalue weighted by molar-refractivity contribution is 0.108. The number of nitrogen functional groups attached to an aromatic ring is 2. The number of nitrogens with zero attached hydrogens (tertiary/aromatic N) is 1. The number of aromatic amines is 1. The first-order chi connectivity index (χ1) is 6.59. The van der Waals surface area contributed by atoms with Gasteiger partial charge in [0, 0.05) is 5.69 Å². The number of anilines is 2. The van der Waals surface area contributed by atoms with Crippen molar-refractivity contribution in [1.29, 1.82) is 0 Å². The largest absolute Gasteiger partial charge is 0.398 e. The predicted molar refractivity (Wildman–Crippen MR) is 55.1 cm³/mol. The molecule has 6 heteroatoms. The maximum atomic E-state index is 11.1. The van der Waals surface area contributed by atoms with Crippen molar-refractivity contribution in [2.75, 3.05) is 11.5 Å². The Morgan fingerprint density at radius 2 is 2.14 bits per heavy atom. The van der Waals surface area contributed by atoms with Gasteiger partial charge in [0.05, 0.1) is 11.1 Å². The molecular formula is C8H7ClN4O. The molecule has 0 spiro atoms. The number of halogens is 1. The van der Waals surface area contributed by atoms with E-state index in [2.05, 4.69) is 9.97 Å². The second kappa shape index (κ2) is 2.88. The summed E-state index contributed by atoms with van der Waals surface area (Å²) >= 11 is 5.38. The number of nitrogens with two attached hydrogens (primary N) is 2. The van der Waals surface area contributed by atoms with Gasteiger partial charge in [0.25, 0.3) is 5.24 Å². The summed E-state index contributed by atoms with van der Waals surface area (Å²) in [6.45, 7) is 0. The Morgan fingerprint density at radius 1 is 1.43 bits per heavy atom. The fourth-order valence-corrected chi connectivity index (χ4v) is 1.52. The lowest BCUT2D eigenvalue weighted by Crippen LogP contribution is -1.98. The second-order valence-electron chi connectivity index (χ2n) is 2.82. The lowest BCUT2D eigenvalue weighted by atomic mass is 10.1. The van der Waals surface area contributed by atoms with Crippen LogP contribution in [0, 0.1) is 0 Å². The van der Waals surface area contributed by atoms with Crippen LogP contribution in [0.2, 0.25) is 0 Å². The number of imidazole rings is 1. The molecule has 0 saturated carbocycles. The van der Waals surface area contributed by atoms with Crippen LogP contribution in [0.15, 0.2) is 12.1 Å². The number of hydrogen-bond acceptors (Lipinski definition) is 4. The van der Waals surface area contributed by atoms with E-state index >= 15 is 0 Å². The molecule has 0 atom stereocenters. The minimum atomic E-state index is -0.639. The molecule has 5 nitrogen and oxygen atoms in total. The molecular weight excluding hydrogens is 204 g/mol. The molecule has 0 aliphatic rings. The van der Waals surface area contributed by atoms with Gasteiger partial charge in [-0.05, 0) is 23.7 Å². The van der Waals surface area contributed by atoms with Crippen LogP contribution in [0.1, 0.15) is 10.4 Å². The van der Waals surface area contributed by atoms with E-state index in [9.17, 15) is 4.79 Å². The first kappa shape index (κ1) is 8.83. The third-order valence-corrected chi connectivity index (χ3v) is 2.09. The van der Waals surface area contributed by atoms with Crippen molar-refractivity contribution in [2.24, 2.45) is 0 Å². The van der Waals surface area contributed by atoms with Crippen molar-refractivity contribution >= 4 is 39.5 Å². The number of carbonyl (C=O) groups is 1. The maximum absolute atomic E-state index is 11.1. The van der Waals surface area contributed by atoms with Gasteiger partial charge in [-0.15, -0.1) is 0 Å². The van der Waals surface area contributed by atoms with E-state index in [0.717, 1.165) is 0 Å². The molecule has 0 unspecified atom stereocenters. The van der Waals surface area contributed by atoms with Gasteiger partial charge in [-0.1, -0.05) is 0 Å². The van der Waals surface area contributed by atoms with E-state index in [-0.39, 0.29) is 11.5 Å². The topological polar surface area (TPSA) is 97.8 Å². The van der Waals surface area contributed by atoms with E-state index in [1.54, 1.807) is 12.1 Å². The van der Waals surface area contributed by atoms with Gasteiger partial charge in [0.15, 0.2) is 5.95 Å². The molecule has 2 aromatic rings. The van der Waals surface area contributed by atoms with E-state index in [4.69, 9.17) is 23.1 Å². The number of H-pyrrole nitrogens is 1. The van der Waals surface area contributed by atoms with Gasteiger partial charge >= 0.3 is 0 Å². The second-order valence-corrected chi connectivity index (χ2v) is 3.16. The van der Waals surface area contributed by atoms with Gasteiger partial charge in [-0.25, -0.2) is 4.98 Å². The highest BCUT2D eigenvalue weighted by atomic mass is 35.5. The number of carbonyl (C=O) groups excluding carboxylic acids is 1. The molecule has 0 fully saturated rings. The molecule has 0 saturated heterocycles. The number of aromatic nitrogens is 2. The van der Waals surface area contributed by atoms with Crippen LogP contribution in [0.3, 0.4) is 0 Å². The van der Waals surface area contributed by atoms with Crippen molar-refractivity contribution in [3.05, 3.63) is 17.7 Å². The molecule has 2 rings (SSSR count). The van der Waals surface area contributed by atoms with Crippen molar-refractivity contribution in [3.63, 3.8) is 0 Å². The Bertz CT molecular complexity index is 519. The number of rotatable bonds is 1. The average molecular weight is 211 g/mol. The van der Waals surface area contributed by atoms with E-state index in [1.165, 1.54) is 0 Å². The molecule has 5 N–H and O–H groups in total. The van der Waals surface area contributed by atoms with Gasteiger partial charge in [-0.3, -0.25) is 4.79 Å². The summed E-state index contributed by atoms with van der Waals surface area (Å²) in [5, 5.41) is -0.639. The molecule has 0 aliphatic heterocycles. The van der Waals surface area contributed by atoms with E-state index in [1.807, 2.05) is 0 Å². The quantitative estimate of drug-likeness (QED) is 0.485. The Morgan fingerprint density at radius 3 is 2.79 bits per heavy atom. The van der Waals surface area contributed by atoms with Crippen molar-refractivity contribution in [1.82, 2.24) is 9.97 Å². The number of fused-ring (bicyclic) bond motifs is 1. The summed E-state index contributed by atoms with van der Waals surface area (Å²) in [4.78, 5) is 17.8. The summed E-state index contributed by atoms with van der Waals surface area (Å²) in [5.41, 5.74) is 12.6. The van der Waals surface area contributed by atoms with Crippen LogP contribution < -0.4 is 11.5 Å². The van der Waals surface area contributed by atoms with Crippen LogP contribution in [0.25, 0.3) is 11.0 Å². The van der Waals surface area contributed by atoms with Gasteiger partial charge in [-0.2, -0.15) is 0 Å². The molecule has 1 heterocycles. The van der Waals surface area contributed by atoms with Gasteiger partial charge in [0.2, 0.25) is 0 Å². The van der Waals surface area contributed by atoms with Gasteiger partial charge < -0.3 is 16.5 Å². The SMILES string of the molecule is Nc1nc2c(C(=O)Cl)c(N)ccc2[nH]1. The number of nitrogens with one attached hydrogen (secondary N) is 1. The zero-order valence-electron chi connectivity index (χ0n) is 7.04. The number of hydrogen-bond donors (Lipinski definition) is 3. The standard InChI is InChI=1S/C8H7ClN4O/c9-7(14)5-3(10)1-2-4-6(5)13-8(11)12-4/h1-2H,10H2,(H3,11,12,13). The lowest BCUT2D eigenvalue weighted by Gasteiger charge is -1.99. The van der Waals surface area contributed by atoms with Crippen molar-refractivity contribution < 1.29 is 4.79 Å². The van der Waals surface area contributed by atoms with E-state index < -0.39 is 5.24 Å². The highest BCUT2D eigenvalue weighted by molar-refractivity contribution is 6.69. The van der Waals surface area contributed by atoms with Crippen LogP contribution in [0.4, 0.5) is 11.6 Å². The fourth-order valence-electron chi connectivity index (χ4n) is 1.32. The smallest absolute Gasteiger partial charge is 0.256 e. The molecule has 1 aromatic carbocycles. The Kier molecular flexibility index (Phi) is 1.82. The molecule has 0 radical (unpaired) electrons. The summed E-state index contributed by atoms with van der Waals surface area (Å²) in [7, 11) is 0. The minimum absolute atomic E-state index is 0.192. The van der Waals surface area contributed by atoms with Crippen molar-refractivity contribution in [3.8, 4) is 0 Å². The molecule has 0 aliphatic carbocycles. The van der Waals surface area contributed by atoms with Crippen LogP contribution in [0.5, 0.6) is 0 Å². The van der Waals surface area contributed by atoms with E-state index in [0.29, 0.717) is 16.7 Å².